The first kappa shape index (κ1) is 22.5. The molecule has 10 heavy (non-hydrogen) atoms. The second kappa shape index (κ2) is 16.7. The first-order valence-electron chi connectivity index (χ1n) is 1.15. The van der Waals surface area contributed by atoms with Crippen LogP contribution >= 0.6 is 0 Å². The van der Waals surface area contributed by atoms with Crippen molar-refractivity contribution in [3.63, 3.8) is 0 Å². The number of carboxylic acid groups (broad SMARTS) is 2. The molecule has 0 aromatic rings. The molecule has 0 spiro atoms. The van der Waals surface area contributed by atoms with Crippen molar-refractivity contribution in [1.82, 2.24) is 0 Å². The maximum atomic E-state index is 8.56. The molecule has 0 radical (unpaired) electrons. The Balaban J connectivity index is -0.0000000300. The molecule has 0 rings (SSSR count). The van der Waals surface area contributed by atoms with E-state index in [9.17, 15) is 0 Å². The van der Waals surface area contributed by atoms with Crippen LogP contribution in [-0.2, 0) is 11.4 Å². The molecular weight excluding hydrogens is 186 g/mol. The summed E-state index contributed by atoms with van der Waals surface area (Å²) in [6, 6.07) is 0. The monoisotopic (exact) mass is 188 g/mol. The Morgan fingerprint density at radius 2 is 1.40 bits per heavy atom. The molecule has 0 amide bonds. The third kappa shape index (κ3) is 362. The van der Waals surface area contributed by atoms with Crippen molar-refractivity contribution >= 4 is 17.5 Å². The van der Waals surface area contributed by atoms with Crippen LogP contribution in [0, 0.1) is 0 Å². The molecule has 0 aromatic carbocycles. The molecular formula is CH2Na2O6S. The van der Waals surface area contributed by atoms with Gasteiger partial charge in [0, 0.05) is 0 Å². The Morgan fingerprint density at radius 3 is 1.40 bits per heavy atom. The van der Waals surface area contributed by atoms with Crippen LogP contribution in [0.1, 0.15) is 0 Å². The molecule has 0 aliphatic heterocycles. The van der Waals surface area contributed by atoms with E-state index in [0.717, 1.165) is 0 Å². The van der Waals surface area contributed by atoms with Gasteiger partial charge < -0.3 is 24.1 Å². The predicted molar refractivity (Wildman–Crippen MR) is 19.6 cm³/mol. The van der Waals surface area contributed by atoms with E-state index in [-0.39, 0.29) is 59.1 Å². The minimum Gasteiger partial charge on any atom is -0.750 e. The van der Waals surface area contributed by atoms with Crippen molar-refractivity contribution in [2.75, 3.05) is 0 Å². The summed E-state index contributed by atoms with van der Waals surface area (Å²) < 4.78 is 24.1. The zero-order valence-electron chi connectivity index (χ0n) is 5.44. The molecule has 1 atom stereocenters. The van der Waals surface area contributed by atoms with E-state index in [2.05, 4.69) is 0 Å². The van der Waals surface area contributed by atoms with E-state index in [0.29, 0.717) is 0 Å². The predicted octanol–water partition coefficient (Wildman–Crippen LogP) is -7.77. The number of carbonyl (C=O) groups is 1. The fourth-order valence-corrected chi connectivity index (χ4v) is 0. The van der Waals surface area contributed by atoms with Gasteiger partial charge in [-0.2, -0.15) is 0 Å². The Labute approximate surface area is 104 Å². The number of hydrogen-bond acceptors (Lipinski definition) is 4. The van der Waals surface area contributed by atoms with E-state index in [1.165, 1.54) is 0 Å². The fourth-order valence-electron chi connectivity index (χ4n) is 0. The Morgan fingerprint density at radius 1 is 1.40 bits per heavy atom. The second-order valence-electron chi connectivity index (χ2n) is 0.483. The van der Waals surface area contributed by atoms with Crippen LogP contribution in [-0.4, -0.2) is 24.6 Å². The Kier molecular flexibility index (Phi) is 37.7. The van der Waals surface area contributed by atoms with Gasteiger partial charge in [0.1, 0.15) is 0 Å². The van der Waals surface area contributed by atoms with E-state index in [4.69, 9.17) is 28.3 Å². The summed E-state index contributed by atoms with van der Waals surface area (Å²) in [6.07, 6.45) is -2.08. The summed E-state index contributed by atoms with van der Waals surface area (Å²) in [7, 11) is 0. The van der Waals surface area contributed by atoms with Gasteiger partial charge in [-0.3, -0.25) is 0 Å². The summed E-state index contributed by atoms with van der Waals surface area (Å²) in [6.45, 7) is 0. The SMILES string of the molecule is O=C([O-])O.O=S([O-])O.[Na+].[Na+]. The Bertz CT molecular complexity index is 73.7. The number of rotatable bonds is 0. The molecule has 50 valence electrons. The average molecular weight is 188 g/mol. The van der Waals surface area contributed by atoms with Gasteiger partial charge in [0.2, 0.25) is 6.16 Å². The molecule has 9 heteroatoms. The van der Waals surface area contributed by atoms with E-state index in [1.807, 2.05) is 0 Å². The molecule has 0 aliphatic rings. The van der Waals surface area contributed by atoms with Crippen molar-refractivity contribution in [2.45, 2.75) is 0 Å². The van der Waals surface area contributed by atoms with Gasteiger partial charge >= 0.3 is 59.1 Å². The first-order chi connectivity index (χ1) is 3.46. The summed E-state index contributed by atoms with van der Waals surface area (Å²) >= 11 is -2.86. The summed E-state index contributed by atoms with van der Waals surface area (Å²) in [5.74, 6) is 0. The standard InChI is InChI=1S/CH2O3.2Na.H2O3S/c2-1(3)4;;;1-4(2)3/h(H2,2,3,4);;;(H2,1,2,3)/q;2*+1;/p-2. The Hall–Kier alpha value is 1.34. The summed E-state index contributed by atoms with van der Waals surface area (Å²) in [5, 5.41) is 15.3. The van der Waals surface area contributed by atoms with Crippen molar-refractivity contribution in [1.29, 1.82) is 0 Å². The van der Waals surface area contributed by atoms with Crippen LogP contribution in [0.2, 0.25) is 0 Å². The topological polar surface area (TPSA) is 121 Å². The van der Waals surface area contributed by atoms with E-state index in [1.54, 1.807) is 0 Å². The van der Waals surface area contributed by atoms with Crippen molar-refractivity contribution in [3.8, 4) is 0 Å². The van der Waals surface area contributed by atoms with Gasteiger partial charge in [0.25, 0.3) is 0 Å². The fraction of sp³-hybridized carbons (Fsp3) is 0. The third-order valence-electron chi connectivity index (χ3n) is 0. The van der Waals surface area contributed by atoms with E-state index < -0.39 is 17.5 Å². The van der Waals surface area contributed by atoms with Crippen LogP contribution in [0.25, 0.3) is 0 Å². The van der Waals surface area contributed by atoms with Gasteiger partial charge in [-0.05, 0) is 0 Å². The molecule has 0 heterocycles. The van der Waals surface area contributed by atoms with Gasteiger partial charge in [0.05, 0.1) is 11.4 Å². The van der Waals surface area contributed by atoms with Gasteiger partial charge in [-0.25, -0.2) is 4.21 Å². The van der Waals surface area contributed by atoms with Crippen molar-refractivity contribution in [2.24, 2.45) is 0 Å². The van der Waals surface area contributed by atoms with Gasteiger partial charge in [-0.1, -0.05) is 0 Å². The molecule has 0 aromatic heterocycles. The van der Waals surface area contributed by atoms with Crippen LogP contribution in [0.4, 0.5) is 4.79 Å². The molecule has 0 saturated carbocycles. The summed E-state index contributed by atoms with van der Waals surface area (Å²) in [5.41, 5.74) is 0. The first-order valence-corrected chi connectivity index (χ1v) is 2.18. The minimum atomic E-state index is -2.86. The molecule has 0 saturated heterocycles. The molecule has 2 N–H and O–H groups in total. The van der Waals surface area contributed by atoms with Gasteiger partial charge in [0.15, 0.2) is 0 Å². The average Bonchev–Trinajstić information content (AvgIpc) is 1.25. The van der Waals surface area contributed by atoms with Gasteiger partial charge in [-0.15, -0.1) is 0 Å². The largest absolute Gasteiger partial charge is 1.00 e. The maximum Gasteiger partial charge on any atom is 1.00 e. The zero-order valence-corrected chi connectivity index (χ0v) is 10.3. The van der Waals surface area contributed by atoms with Crippen LogP contribution in [0.15, 0.2) is 0 Å². The molecule has 0 aliphatic carbocycles. The second-order valence-corrected chi connectivity index (χ2v) is 0.917. The zero-order chi connectivity index (χ0) is 7.15. The molecule has 0 bridgehead atoms. The maximum absolute atomic E-state index is 8.56. The minimum absolute atomic E-state index is 0. The van der Waals surface area contributed by atoms with Crippen LogP contribution < -0.4 is 64.2 Å². The summed E-state index contributed by atoms with van der Waals surface area (Å²) in [4.78, 5) is 8.44. The smallest absolute Gasteiger partial charge is 0.750 e. The quantitative estimate of drug-likeness (QED) is 0.287. The number of hydrogen-bond donors (Lipinski definition) is 2. The third-order valence-corrected chi connectivity index (χ3v) is 0. The molecule has 0 fully saturated rings. The van der Waals surface area contributed by atoms with Crippen LogP contribution in [0.5, 0.6) is 0 Å². The normalized spacial score (nSPS) is 8.60. The van der Waals surface area contributed by atoms with Crippen molar-refractivity contribution < 1.29 is 87.4 Å². The van der Waals surface area contributed by atoms with Crippen molar-refractivity contribution in [3.05, 3.63) is 0 Å². The van der Waals surface area contributed by atoms with E-state index >= 15 is 0 Å². The van der Waals surface area contributed by atoms with Crippen LogP contribution in [0.3, 0.4) is 0 Å². The molecule has 6 nitrogen and oxygen atoms in total. The molecule has 1 unspecified atom stereocenters.